The zero-order chi connectivity index (χ0) is 15.8. The second-order valence-corrected chi connectivity index (χ2v) is 6.80. The van der Waals surface area contributed by atoms with Gasteiger partial charge >= 0.3 is 0 Å². The lowest BCUT2D eigenvalue weighted by Crippen LogP contribution is -2.68. The maximum absolute atomic E-state index is 12.9. The van der Waals surface area contributed by atoms with Crippen LogP contribution in [-0.2, 0) is 9.59 Å². The van der Waals surface area contributed by atoms with Crippen molar-refractivity contribution >= 4 is 17.5 Å². The van der Waals surface area contributed by atoms with Gasteiger partial charge < -0.3 is 5.32 Å². The molecule has 0 spiro atoms. The highest BCUT2D eigenvalue weighted by molar-refractivity contribution is 6.08. The maximum Gasteiger partial charge on any atom is 0.250 e. The van der Waals surface area contributed by atoms with Gasteiger partial charge in [0.15, 0.2) is 0 Å². The largest absolute Gasteiger partial charge is 0.342 e. The van der Waals surface area contributed by atoms with Crippen LogP contribution in [0.1, 0.15) is 34.6 Å². The number of piperazine rings is 1. The molecule has 2 atom stereocenters. The van der Waals surface area contributed by atoms with Crippen LogP contribution < -0.4 is 10.2 Å². The van der Waals surface area contributed by atoms with Gasteiger partial charge in [0.05, 0.1) is 18.1 Å². The maximum atomic E-state index is 12.9. The Hall–Kier alpha value is -1.98. The van der Waals surface area contributed by atoms with Crippen molar-refractivity contribution in [3.05, 3.63) is 18.7 Å². The van der Waals surface area contributed by atoms with Gasteiger partial charge in [0.25, 0.3) is 5.91 Å². The lowest BCUT2D eigenvalue weighted by atomic mass is 9.82. The predicted molar refractivity (Wildman–Crippen MR) is 79.5 cm³/mol. The van der Waals surface area contributed by atoms with E-state index in [-0.39, 0.29) is 23.1 Å². The molecule has 1 fully saturated rings. The summed E-state index contributed by atoms with van der Waals surface area (Å²) in [6.07, 6.45) is 4.54. The number of amides is 2. The molecule has 2 rings (SSSR count). The minimum Gasteiger partial charge on any atom is -0.342 e. The summed E-state index contributed by atoms with van der Waals surface area (Å²) < 4.78 is 0. The third-order valence-electron chi connectivity index (χ3n) is 3.64. The SMILES string of the molecule is CC(C)C1C(=O)NC(C(C)(C)C)C(=O)N1c1cncnc1. The first-order chi connectivity index (χ1) is 9.73. The van der Waals surface area contributed by atoms with Gasteiger partial charge in [-0.1, -0.05) is 34.6 Å². The number of hydrogen-bond acceptors (Lipinski definition) is 4. The van der Waals surface area contributed by atoms with Crippen molar-refractivity contribution in [3.63, 3.8) is 0 Å². The Morgan fingerprint density at radius 2 is 1.76 bits per heavy atom. The Kier molecular flexibility index (Phi) is 3.98. The Balaban J connectivity index is 2.48. The number of carbonyl (C=O) groups is 2. The Bertz CT molecular complexity index is 536. The monoisotopic (exact) mass is 290 g/mol. The third kappa shape index (κ3) is 2.89. The van der Waals surface area contributed by atoms with E-state index in [1.807, 2.05) is 34.6 Å². The standard InChI is InChI=1S/C15H22N4O2/c1-9(2)11-13(20)18-12(15(3,4)5)14(21)19(11)10-6-16-8-17-7-10/h6-9,11-12H,1-5H3,(H,18,20). The molecule has 2 amide bonds. The highest BCUT2D eigenvalue weighted by Crippen LogP contribution is 2.30. The van der Waals surface area contributed by atoms with Crippen molar-refractivity contribution in [2.24, 2.45) is 11.3 Å². The van der Waals surface area contributed by atoms with Crippen LogP contribution in [0.3, 0.4) is 0 Å². The molecule has 1 N–H and O–H groups in total. The minimum absolute atomic E-state index is 0.00456. The molecular formula is C15H22N4O2. The molecule has 0 aliphatic carbocycles. The Labute approximate surface area is 125 Å². The van der Waals surface area contributed by atoms with E-state index in [0.717, 1.165) is 0 Å². The summed E-state index contributed by atoms with van der Waals surface area (Å²) in [6, 6.07) is -1.10. The molecule has 1 aromatic rings. The average molecular weight is 290 g/mol. The van der Waals surface area contributed by atoms with E-state index in [1.165, 1.54) is 6.33 Å². The quantitative estimate of drug-likeness (QED) is 0.893. The zero-order valence-electron chi connectivity index (χ0n) is 13.1. The van der Waals surface area contributed by atoms with Crippen LogP contribution in [0.25, 0.3) is 0 Å². The first-order valence-corrected chi connectivity index (χ1v) is 7.12. The van der Waals surface area contributed by atoms with E-state index in [9.17, 15) is 9.59 Å². The second-order valence-electron chi connectivity index (χ2n) is 6.80. The molecule has 0 bridgehead atoms. The van der Waals surface area contributed by atoms with Crippen LogP contribution in [0.15, 0.2) is 18.7 Å². The molecule has 21 heavy (non-hydrogen) atoms. The van der Waals surface area contributed by atoms with Gasteiger partial charge in [-0.25, -0.2) is 9.97 Å². The van der Waals surface area contributed by atoms with E-state index in [0.29, 0.717) is 5.69 Å². The van der Waals surface area contributed by atoms with Crippen LogP contribution in [0.2, 0.25) is 0 Å². The normalized spacial score (nSPS) is 23.4. The number of nitrogens with zero attached hydrogens (tertiary/aromatic N) is 3. The molecule has 6 heteroatoms. The van der Waals surface area contributed by atoms with Gasteiger partial charge in [0.1, 0.15) is 18.4 Å². The van der Waals surface area contributed by atoms with Crippen molar-refractivity contribution in [2.45, 2.75) is 46.7 Å². The summed E-state index contributed by atoms with van der Waals surface area (Å²) in [4.78, 5) is 34.8. The van der Waals surface area contributed by atoms with Crippen molar-refractivity contribution < 1.29 is 9.59 Å². The molecule has 2 heterocycles. The third-order valence-corrected chi connectivity index (χ3v) is 3.64. The fourth-order valence-electron chi connectivity index (χ4n) is 2.57. The van der Waals surface area contributed by atoms with E-state index in [4.69, 9.17) is 0 Å². The predicted octanol–water partition coefficient (Wildman–Crippen LogP) is 1.38. The Morgan fingerprint density at radius 1 is 1.19 bits per heavy atom. The number of nitrogens with one attached hydrogen (secondary N) is 1. The number of aromatic nitrogens is 2. The fourth-order valence-corrected chi connectivity index (χ4v) is 2.57. The van der Waals surface area contributed by atoms with E-state index < -0.39 is 12.1 Å². The molecule has 0 saturated carbocycles. The highest BCUT2D eigenvalue weighted by atomic mass is 16.2. The Morgan fingerprint density at radius 3 is 2.24 bits per heavy atom. The lowest BCUT2D eigenvalue weighted by Gasteiger charge is -2.44. The molecule has 1 aromatic heterocycles. The minimum atomic E-state index is -0.555. The summed E-state index contributed by atoms with van der Waals surface area (Å²) in [6.45, 7) is 9.65. The zero-order valence-corrected chi connectivity index (χ0v) is 13.1. The number of carbonyl (C=O) groups excluding carboxylic acids is 2. The van der Waals surface area contributed by atoms with Crippen LogP contribution in [0.5, 0.6) is 0 Å². The smallest absolute Gasteiger partial charge is 0.250 e. The van der Waals surface area contributed by atoms with Gasteiger partial charge in [0.2, 0.25) is 5.91 Å². The molecule has 1 saturated heterocycles. The first-order valence-electron chi connectivity index (χ1n) is 7.12. The topological polar surface area (TPSA) is 75.2 Å². The van der Waals surface area contributed by atoms with E-state index in [2.05, 4.69) is 15.3 Å². The van der Waals surface area contributed by atoms with Crippen LogP contribution in [0.4, 0.5) is 5.69 Å². The summed E-state index contributed by atoms with van der Waals surface area (Å²) >= 11 is 0. The molecule has 1 aliphatic heterocycles. The van der Waals surface area contributed by atoms with Crippen molar-refractivity contribution in [2.75, 3.05) is 4.90 Å². The van der Waals surface area contributed by atoms with Gasteiger partial charge in [-0.05, 0) is 11.3 Å². The van der Waals surface area contributed by atoms with Crippen molar-refractivity contribution in [1.82, 2.24) is 15.3 Å². The molecule has 0 aromatic carbocycles. The van der Waals surface area contributed by atoms with Crippen LogP contribution in [0, 0.1) is 11.3 Å². The van der Waals surface area contributed by atoms with Crippen molar-refractivity contribution in [3.8, 4) is 0 Å². The van der Waals surface area contributed by atoms with E-state index >= 15 is 0 Å². The van der Waals surface area contributed by atoms with E-state index in [1.54, 1.807) is 17.3 Å². The lowest BCUT2D eigenvalue weighted by molar-refractivity contribution is -0.137. The highest BCUT2D eigenvalue weighted by Gasteiger charge is 2.46. The fraction of sp³-hybridized carbons (Fsp3) is 0.600. The summed E-state index contributed by atoms with van der Waals surface area (Å²) in [7, 11) is 0. The molecule has 1 aliphatic rings. The summed E-state index contributed by atoms with van der Waals surface area (Å²) in [5, 5.41) is 2.87. The second kappa shape index (κ2) is 5.42. The summed E-state index contributed by atoms with van der Waals surface area (Å²) in [5.74, 6) is -0.251. The number of rotatable bonds is 2. The number of hydrogen-bond donors (Lipinski definition) is 1. The van der Waals surface area contributed by atoms with Crippen LogP contribution in [-0.4, -0.2) is 33.9 Å². The molecular weight excluding hydrogens is 268 g/mol. The van der Waals surface area contributed by atoms with Crippen molar-refractivity contribution in [1.29, 1.82) is 0 Å². The van der Waals surface area contributed by atoms with Gasteiger partial charge in [-0.3, -0.25) is 14.5 Å². The first kappa shape index (κ1) is 15.4. The average Bonchev–Trinajstić information content (AvgIpc) is 2.39. The molecule has 2 unspecified atom stereocenters. The van der Waals surface area contributed by atoms with Gasteiger partial charge in [-0.15, -0.1) is 0 Å². The van der Waals surface area contributed by atoms with Gasteiger partial charge in [0, 0.05) is 0 Å². The van der Waals surface area contributed by atoms with Crippen LogP contribution >= 0.6 is 0 Å². The molecule has 114 valence electrons. The molecule has 6 nitrogen and oxygen atoms in total. The summed E-state index contributed by atoms with van der Waals surface area (Å²) in [5.41, 5.74) is 0.202. The molecule has 0 radical (unpaired) electrons. The van der Waals surface area contributed by atoms with Gasteiger partial charge in [-0.2, -0.15) is 0 Å². The number of anilines is 1.